The van der Waals surface area contributed by atoms with E-state index in [1.54, 1.807) is 0 Å². The maximum Gasteiger partial charge on any atom is 0.0732 e. The molecule has 100 valence electrons. The van der Waals surface area contributed by atoms with Crippen LogP contribution < -0.4 is 0 Å². The summed E-state index contributed by atoms with van der Waals surface area (Å²) in [7, 11) is 0. The average molecular weight is 248 g/mol. The van der Waals surface area contributed by atoms with Crippen molar-refractivity contribution in [1.82, 2.24) is 0 Å². The van der Waals surface area contributed by atoms with Gasteiger partial charge in [-0.1, -0.05) is 38.1 Å². The van der Waals surface area contributed by atoms with Crippen LogP contribution in [0.15, 0.2) is 24.3 Å². The molecule has 1 aromatic carbocycles. The summed E-state index contributed by atoms with van der Waals surface area (Å²) in [6, 6.07) is 8.69. The Morgan fingerprint density at radius 3 is 2.17 bits per heavy atom. The van der Waals surface area contributed by atoms with Gasteiger partial charge in [0.05, 0.1) is 24.2 Å². The Balaban J connectivity index is 2.29. The molecule has 1 saturated heterocycles. The molecule has 0 bridgehead atoms. The first-order valence-corrected chi connectivity index (χ1v) is 6.81. The number of rotatable bonds is 4. The normalized spacial score (nSPS) is 20.3. The second-order valence-corrected chi connectivity index (χ2v) is 6.07. The summed E-state index contributed by atoms with van der Waals surface area (Å²) in [6.45, 7) is 9.42. The summed E-state index contributed by atoms with van der Waals surface area (Å²) in [5, 5.41) is 10.4. The minimum atomic E-state index is -0.747. The molecule has 2 nitrogen and oxygen atoms in total. The topological polar surface area (TPSA) is 29.5 Å². The quantitative estimate of drug-likeness (QED) is 0.886. The molecule has 0 radical (unpaired) electrons. The molecule has 1 atom stereocenters. The summed E-state index contributed by atoms with van der Waals surface area (Å²) in [5.41, 5.74) is 1.57. The van der Waals surface area contributed by atoms with Gasteiger partial charge >= 0.3 is 0 Å². The van der Waals surface area contributed by atoms with E-state index in [4.69, 9.17) is 4.74 Å². The lowest BCUT2D eigenvalue weighted by Gasteiger charge is -2.50. The van der Waals surface area contributed by atoms with Gasteiger partial charge in [-0.05, 0) is 37.3 Å². The number of ether oxygens (including phenoxy) is 1. The Morgan fingerprint density at radius 2 is 1.83 bits per heavy atom. The van der Waals surface area contributed by atoms with Gasteiger partial charge in [0, 0.05) is 0 Å². The molecule has 1 aliphatic heterocycles. The van der Waals surface area contributed by atoms with Crippen molar-refractivity contribution in [3.63, 3.8) is 0 Å². The van der Waals surface area contributed by atoms with Crippen LogP contribution in [0.25, 0.3) is 0 Å². The molecule has 1 fully saturated rings. The molecule has 1 unspecified atom stereocenters. The molecular weight excluding hydrogens is 224 g/mol. The molecule has 0 saturated carbocycles. The first kappa shape index (κ1) is 13.6. The largest absolute Gasteiger partial charge is 0.389 e. The van der Waals surface area contributed by atoms with Gasteiger partial charge in [0.15, 0.2) is 0 Å². The molecule has 2 rings (SSSR count). The van der Waals surface area contributed by atoms with Gasteiger partial charge in [-0.15, -0.1) is 0 Å². The number of hydrogen-bond acceptors (Lipinski definition) is 2. The molecule has 0 aromatic heterocycles. The van der Waals surface area contributed by atoms with Crippen LogP contribution in [0, 0.1) is 0 Å². The fraction of sp³-hybridized carbons (Fsp3) is 0.625. The van der Waals surface area contributed by atoms with Crippen molar-refractivity contribution < 1.29 is 9.84 Å². The summed E-state index contributed by atoms with van der Waals surface area (Å²) in [5.74, 6) is 0.592. The zero-order valence-electron chi connectivity index (χ0n) is 11.9. The summed E-state index contributed by atoms with van der Waals surface area (Å²) < 4.78 is 5.36. The van der Waals surface area contributed by atoms with Gasteiger partial charge in [-0.3, -0.25) is 0 Å². The van der Waals surface area contributed by atoms with E-state index >= 15 is 0 Å². The molecule has 1 aliphatic rings. The van der Waals surface area contributed by atoms with Gasteiger partial charge in [-0.25, -0.2) is 0 Å². The van der Waals surface area contributed by atoms with E-state index < -0.39 is 5.60 Å². The maximum absolute atomic E-state index is 10.4. The highest BCUT2D eigenvalue weighted by atomic mass is 16.5. The standard InChI is InChI=1S/C16H24O2/c1-5-12(2)13-6-8-14(9-7-13)16(10-18-11-16)15(3,4)17/h6-9,12,17H,5,10-11H2,1-4H3. The van der Waals surface area contributed by atoms with Crippen molar-refractivity contribution in [2.75, 3.05) is 13.2 Å². The van der Waals surface area contributed by atoms with Crippen molar-refractivity contribution in [2.45, 2.75) is 51.0 Å². The zero-order valence-corrected chi connectivity index (χ0v) is 11.9. The lowest BCUT2D eigenvalue weighted by molar-refractivity contribution is -0.157. The lowest BCUT2D eigenvalue weighted by Crippen LogP contribution is -2.60. The number of aliphatic hydroxyl groups is 1. The zero-order chi connectivity index (χ0) is 13.4. The highest BCUT2D eigenvalue weighted by molar-refractivity contribution is 5.35. The van der Waals surface area contributed by atoms with E-state index in [9.17, 15) is 5.11 Å². The van der Waals surface area contributed by atoms with Crippen molar-refractivity contribution in [2.24, 2.45) is 0 Å². The summed E-state index contributed by atoms with van der Waals surface area (Å²) >= 11 is 0. The minimum Gasteiger partial charge on any atom is -0.389 e. The highest BCUT2D eigenvalue weighted by Crippen LogP contribution is 2.42. The first-order chi connectivity index (χ1) is 8.40. The number of hydrogen-bond donors (Lipinski definition) is 1. The Bertz CT molecular complexity index is 396. The van der Waals surface area contributed by atoms with Gasteiger partial charge in [0.2, 0.25) is 0 Å². The van der Waals surface area contributed by atoms with E-state index in [2.05, 4.69) is 38.1 Å². The first-order valence-electron chi connectivity index (χ1n) is 6.81. The van der Waals surface area contributed by atoms with E-state index in [0.717, 1.165) is 6.42 Å². The van der Waals surface area contributed by atoms with Crippen LogP contribution in [0.2, 0.25) is 0 Å². The second-order valence-electron chi connectivity index (χ2n) is 6.07. The maximum atomic E-state index is 10.4. The van der Waals surface area contributed by atoms with E-state index in [1.165, 1.54) is 11.1 Å². The van der Waals surface area contributed by atoms with Crippen molar-refractivity contribution >= 4 is 0 Å². The monoisotopic (exact) mass is 248 g/mol. The molecule has 0 spiro atoms. The molecule has 18 heavy (non-hydrogen) atoms. The Hall–Kier alpha value is -0.860. The Labute approximate surface area is 110 Å². The van der Waals surface area contributed by atoms with Crippen molar-refractivity contribution in [1.29, 1.82) is 0 Å². The van der Waals surface area contributed by atoms with Crippen LogP contribution in [0.4, 0.5) is 0 Å². The second kappa shape index (κ2) is 4.67. The third-order valence-electron chi connectivity index (χ3n) is 4.51. The molecule has 1 heterocycles. The van der Waals surface area contributed by atoms with Crippen LogP contribution in [0.1, 0.15) is 51.2 Å². The van der Waals surface area contributed by atoms with E-state index in [0.29, 0.717) is 19.1 Å². The van der Waals surface area contributed by atoms with Gasteiger partial charge in [-0.2, -0.15) is 0 Å². The SMILES string of the molecule is CCC(C)c1ccc(C2(C(C)(C)O)COC2)cc1. The van der Waals surface area contributed by atoms with Gasteiger partial charge in [0.25, 0.3) is 0 Å². The van der Waals surface area contributed by atoms with Crippen LogP contribution in [0.3, 0.4) is 0 Å². The van der Waals surface area contributed by atoms with Gasteiger partial charge in [0.1, 0.15) is 0 Å². The van der Waals surface area contributed by atoms with Crippen molar-refractivity contribution in [3.05, 3.63) is 35.4 Å². The summed E-state index contributed by atoms with van der Waals surface area (Å²) in [6.07, 6.45) is 1.15. The van der Waals surface area contributed by atoms with Gasteiger partial charge < -0.3 is 9.84 Å². The Morgan fingerprint density at radius 1 is 1.28 bits per heavy atom. The van der Waals surface area contributed by atoms with Crippen molar-refractivity contribution in [3.8, 4) is 0 Å². The third-order valence-corrected chi connectivity index (χ3v) is 4.51. The molecule has 0 amide bonds. The highest BCUT2D eigenvalue weighted by Gasteiger charge is 2.51. The number of benzene rings is 1. The van der Waals surface area contributed by atoms with Crippen LogP contribution in [0.5, 0.6) is 0 Å². The fourth-order valence-electron chi connectivity index (χ4n) is 2.55. The Kier molecular flexibility index (Phi) is 3.52. The molecular formula is C16H24O2. The lowest BCUT2D eigenvalue weighted by atomic mass is 9.67. The molecule has 0 aliphatic carbocycles. The van der Waals surface area contributed by atoms with E-state index in [-0.39, 0.29) is 5.41 Å². The molecule has 1 N–H and O–H groups in total. The summed E-state index contributed by atoms with van der Waals surface area (Å²) in [4.78, 5) is 0. The van der Waals surface area contributed by atoms with E-state index in [1.807, 2.05) is 13.8 Å². The smallest absolute Gasteiger partial charge is 0.0732 e. The third kappa shape index (κ3) is 2.08. The van der Waals surface area contributed by atoms with Crippen LogP contribution >= 0.6 is 0 Å². The minimum absolute atomic E-state index is 0.235. The fourth-order valence-corrected chi connectivity index (χ4v) is 2.55. The van der Waals surface area contributed by atoms with Crippen LogP contribution in [-0.4, -0.2) is 23.9 Å². The average Bonchev–Trinajstić information content (AvgIpc) is 2.25. The molecule has 1 aromatic rings. The predicted octanol–water partition coefficient (Wildman–Crippen LogP) is 3.24. The predicted molar refractivity (Wildman–Crippen MR) is 73.9 cm³/mol. The molecule has 2 heteroatoms. The van der Waals surface area contributed by atoms with Crippen LogP contribution in [-0.2, 0) is 10.2 Å².